The van der Waals surface area contributed by atoms with Crippen molar-refractivity contribution in [2.24, 2.45) is 14.1 Å². The van der Waals surface area contributed by atoms with Gasteiger partial charge in [-0.3, -0.25) is 33.0 Å². The molecule has 0 aliphatic carbocycles. The average molecular weight is 678 g/mol. The van der Waals surface area contributed by atoms with Gasteiger partial charge in [-0.05, 0) is 29.8 Å². The Bertz CT molecular complexity index is 2080. The lowest BCUT2D eigenvalue weighted by Crippen LogP contribution is -2.53. The van der Waals surface area contributed by atoms with Crippen LogP contribution in [0.1, 0.15) is 32.7 Å². The van der Waals surface area contributed by atoms with E-state index in [9.17, 15) is 28.8 Å². The molecule has 2 aromatic carbocycles. The van der Waals surface area contributed by atoms with Gasteiger partial charge in [0.15, 0.2) is 11.2 Å². The zero-order chi connectivity index (χ0) is 34.4. The first-order valence-electron chi connectivity index (χ1n) is 15.0. The molecule has 1 atom stereocenters. The molecule has 2 aliphatic rings. The molecular weight excluding hydrogens is 646 g/mol. The summed E-state index contributed by atoms with van der Waals surface area (Å²) in [5.74, 6) is -1.99. The zero-order valence-corrected chi connectivity index (χ0v) is 27.4. The third-order valence-electron chi connectivity index (χ3n) is 8.79. The topological polar surface area (TPSA) is 158 Å². The number of hydrogen-bond donors (Lipinski definition) is 0. The van der Waals surface area contributed by atoms with Crippen molar-refractivity contribution in [3.05, 3.63) is 85.0 Å². The van der Waals surface area contributed by atoms with Crippen molar-refractivity contribution in [3.63, 3.8) is 0 Å². The van der Waals surface area contributed by atoms with Crippen LogP contribution in [0.2, 0.25) is 5.02 Å². The normalized spacial score (nSPS) is 17.0. The second kappa shape index (κ2) is 12.7. The number of benzene rings is 2. The lowest BCUT2D eigenvalue weighted by atomic mass is 10.1. The maximum atomic E-state index is 13.7. The molecule has 2 aliphatic heterocycles. The van der Waals surface area contributed by atoms with E-state index in [2.05, 4.69) is 0 Å². The second-order valence-electron chi connectivity index (χ2n) is 11.5. The molecule has 2 saturated heterocycles. The summed E-state index contributed by atoms with van der Waals surface area (Å²) >= 11 is 6.49. The molecule has 2 aromatic heterocycles. The summed E-state index contributed by atoms with van der Waals surface area (Å²) in [7, 11) is 5.34. The Morgan fingerprint density at radius 1 is 0.896 bits per heavy atom. The lowest BCUT2D eigenvalue weighted by Gasteiger charge is -2.37. The number of hydrogen-bond acceptors (Lipinski definition) is 11. The summed E-state index contributed by atoms with van der Waals surface area (Å²) in [5.41, 5.74) is 0.298. The Morgan fingerprint density at radius 3 is 2.12 bits per heavy atom. The molecule has 2 amide bonds. The van der Waals surface area contributed by atoms with Crippen molar-refractivity contribution < 1.29 is 28.7 Å². The maximum absolute atomic E-state index is 13.7. The Morgan fingerprint density at radius 2 is 1.52 bits per heavy atom. The third-order valence-corrected chi connectivity index (χ3v) is 9.16. The van der Waals surface area contributed by atoms with Gasteiger partial charge in [-0.2, -0.15) is 4.98 Å². The van der Waals surface area contributed by atoms with Crippen molar-refractivity contribution in [3.8, 4) is 0 Å². The number of rotatable bonds is 7. The number of anilines is 2. The maximum Gasteiger partial charge on any atom is 0.337 e. The van der Waals surface area contributed by atoms with E-state index in [0.717, 1.165) is 15.0 Å². The van der Waals surface area contributed by atoms with Crippen LogP contribution in [0.25, 0.3) is 11.2 Å². The number of fused-ring (bicyclic) bond motifs is 1. The summed E-state index contributed by atoms with van der Waals surface area (Å²) in [6, 6.07) is 10.4. The standard InChI is InChI=1S/C32H32ClN7O8/c1-35-26-25(28(43)36(2)32(35)46)39(17-18-7-5-6-8-22(18)33)31(34-26)38-11-9-37(10-12-38)23-16-24(41)40(27(23)42)21-14-19(29(44)47-3)13-20(15-21)30(45)48-4/h5-8,13-15,23H,9-12,16-17H2,1-4H3. The summed E-state index contributed by atoms with van der Waals surface area (Å²) in [6.45, 7) is 1.76. The number of ether oxygens (including phenoxy) is 2. The van der Waals surface area contributed by atoms with Gasteiger partial charge in [-0.25, -0.2) is 19.3 Å². The molecule has 250 valence electrons. The van der Waals surface area contributed by atoms with Crippen LogP contribution in [0.4, 0.5) is 11.6 Å². The minimum Gasteiger partial charge on any atom is -0.465 e. The highest BCUT2D eigenvalue weighted by atomic mass is 35.5. The highest BCUT2D eigenvalue weighted by molar-refractivity contribution is 6.31. The highest BCUT2D eigenvalue weighted by Gasteiger charge is 2.44. The quantitative estimate of drug-likeness (QED) is 0.204. The van der Waals surface area contributed by atoms with Gasteiger partial charge in [-0.15, -0.1) is 0 Å². The first-order valence-corrected chi connectivity index (χ1v) is 15.4. The van der Waals surface area contributed by atoms with Gasteiger partial charge >= 0.3 is 17.6 Å². The summed E-state index contributed by atoms with van der Waals surface area (Å²) in [6.07, 6.45) is -0.0992. The SMILES string of the molecule is COC(=O)c1cc(C(=O)OC)cc(N2C(=O)CC(N3CCN(c4nc5c(c(=O)n(C)c(=O)n5C)n4Cc4ccccc4Cl)CC3)C2=O)c1. The second-order valence-corrected chi connectivity index (χ2v) is 11.9. The number of imidazole rings is 1. The Hall–Kier alpha value is -5.28. The molecule has 2 fully saturated rings. The van der Waals surface area contributed by atoms with E-state index in [4.69, 9.17) is 26.1 Å². The predicted octanol–water partition coefficient (Wildman–Crippen LogP) is 1.16. The van der Waals surface area contributed by atoms with Gasteiger partial charge in [0.25, 0.3) is 11.5 Å². The number of carbonyl (C=O) groups excluding carboxylic acids is 4. The van der Waals surface area contributed by atoms with E-state index in [1.54, 1.807) is 17.7 Å². The fraction of sp³-hybridized carbons (Fsp3) is 0.344. The van der Waals surface area contributed by atoms with E-state index in [-0.39, 0.29) is 40.9 Å². The minimum absolute atomic E-state index is 0.0138. The van der Waals surface area contributed by atoms with E-state index in [0.29, 0.717) is 37.1 Å². The van der Waals surface area contributed by atoms with Gasteiger partial charge in [0, 0.05) is 45.3 Å². The smallest absolute Gasteiger partial charge is 0.337 e. The third kappa shape index (κ3) is 5.54. The predicted molar refractivity (Wildman–Crippen MR) is 175 cm³/mol. The van der Waals surface area contributed by atoms with Crippen LogP contribution in [0, 0.1) is 0 Å². The first kappa shape index (κ1) is 32.7. The molecule has 1 unspecified atom stereocenters. The van der Waals surface area contributed by atoms with Crippen molar-refractivity contribution in [1.82, 2.24) is 23.6 Å². The van der Waals surface area contributed by atoms with Gasteiger partial charge < -0.3 is 14.4 Å². The van der Waals surface area contributed by atoms with Gasteiger partial charge in [0.1, 0.15) is 0 Å². The van der Waals surface area contributed by atoms with Crippen molar-refractivity contribution in [1.29, 1.82) is 0 Å². The van der Waals surface area contributed by atoms with Crippen LogP contribution in [0.5, 0.6) is 0 Å². The number of amides is 2. The largest absolute Gasteiger partial charge is 0.465 e. The molecule has 0 N–H and O–H groups in total. The van der Waals surface area contributed by atoms with Gasteiger partial charge in [-0.1, -0.05) is 29.8 Å². The van der Waals surface area contributed by atoms with E-state index in [1.165, 1.54) is 44.0 Å². The number of methoxy groups -OCH3 is 2. The number of aryl methyl sites for hydroxylation is 1. The van der Waals surface area contributed by atoms with Gasteiger partial charge in [0.2, 0.25) is 11.9 Å². The molecule has 0 saturated carbocycles. The Kier molecular flexibility index (Phi) is 8.66. The number of esters is 2. The van der Waals surface area contributed by atoms with Crippen molar-refractivity contribution in [2.45, 2.75) is 19.0 Å². The van der Waals surface area contributed by atoms with Crippen molar-refractivity contribution >= 4 is 58.2 Å². The molecule has 6 rings (SSSR count). The molecule has 0 bridgehead atoms. The minimum atomic E-state index is -0.780. The van der Waals surface area contributed by atoms with Crippen LogP contribution in [0.15, 0.2) is 52.1 Å². The van der Waals surface area contributed by atoms with Crippen LogP contribution in [-0.2, 0) is 39.7 Å². The number of aromatic nitrogens is 4. The van der Waals surface area contributed by atoms with Crippen LogP contribution in [-0.4, -0.2) is 93.8 Å². The fourth-order valence-electron chi connectivity index (χ4n) is 6.24. The van der Waals surface area contributed by atoms with E-state index in [1.807, 2.05) is 28.0 Å². The fourth-order valence-corrected chi connectivity index (χ4v) is 6.44. The van der Waals surface area contributed by atoms with Gasteiger partial charge in [0.05, 0.1) is 50.0 Å². The number of imide groups is 1. The van der Waals surface area contributed by atoms with Crippen LogP contribution < -0.4 is 21.0 Å². The molecule has 0 spiro atoms. The van der Waals surface area contributed by atoms with Crippen molar-refractivity contribution in [2.75, 3.05) is 50.2 Å². The number of halogens is 1. The molecule has 15 nitrogen and oxygen atoms in total. The Labute approximate surface area is 278 Å². The summed E-state index contributed by atoms with van der Waals surface area (Å²) in [4.78, 5) is 87.3. The number of carbonyl (C=O) groups is 4. The first-order chi connectivity index (χ1) is 22.9. The molecule has 48 heavy (non-hydrogen) atoms. The summed E-state index contributed by atoms with van der Waals surface area (Å²) in [5, 5.41) is 0.515. The monoisotopic (exact) mass is 677 g/mol. The highest BCUT2D eigenvalue weighted by Crippen LogP contribution is 2.30. The summed E-state index contributed by atoms with van der Waals surface area (Å²) < 4.78 is 13.7. The lowest BCUT2D eigenvalue weighted by molar-refractivity contribution is -0.123. The van der Waals surface area contributed by atoms with Crippen LogP contribution in [0.3, 0.4) is 0 Å². The number of piperazine rings is 1. The van der Waals surface area contributed by atoms with E-state index < -0.39 is 41.0 Å². The average Bonchev–Trinajstić information content (AvgIpc) is 3.62. The molecular formula is C32H32ClN7O8. The van der Waals surface area contributed by atoms with E-state index >= 15 is 0 Å². The molecule has 0 radical (unpaired) electrons. The molecule has 4 heterocycles. The van der Waals surface area contributed by atoms with Crippen LogP contribution >= 0.6 is 11.6 Å². The number of nitrogens with zero attached hydrogens (tertiary/aromatic N) is 7. The zero-order valence-electron chi connectivity index (χ0n) is 26.6. The molecule has 4 aromatic rings. The Balaban J connectivity index is 1.28. The molecule has 16 heteroatoms.